The molecular formula is C15H12BrClN2O5. The minimum Gasteiger partial charge on any atom is -0.466 e. The third kappa shape index (κ3) is 3.24. The van der Waals surface area contributed by atoms with Gasteiger partial charge in [-0.3, -0.25) is 0 Å². The Morgan fingerprint density at radius 3 is 2.58 bits per heavy atom. The van der Waals surface area contributed by atoms with Crippen LogP contribution < -0.4 is 4.90 Å². The Kier molecular flexibility index (Phi) is 5.83. The van der Waals surface area contributed by atoms with Crippen LogP contribution in [0.5, 0.6) is 0 Å². The number of esters is 2. The van der Waals surface area contributed by atoms with Crippen molar-refractivity contribution >= 4 is 45.2 Å². The van der Waals surface area contributed by atoms with Crippen molar-refractivity contribution in [2.75, 3.05) is 32.5 Å². The first-order valence-electron chi connectivity index (χ1n) is 6.59. The fourth-order valence-electron chi connectivity index (χ4n) is 2.23. The number of benzene rings is 1. The standard InChI is InChI=1S/C15H12BrClN2O5/c1-22-14(20)9-6-24-7-19(13(9)15(21)23-2)12-8(5-18)10(16)3-4-11(12)17/h3-4H,6-7H2,1-2H3. The minimum absolute atomic E-state index is 0.0180. The number of nitriles is 1. The Balaban J connectivity index is 2.74. The van der Waals surface area contributed by atoms with Gasteiger partial charge in [-0.25, -0.2) is 9.59 Å². The molecule has 0 unspecified atom stereocenters. The Labute approximate surface area is 151 Å². The molecule has 0 saturated carbocycles. The highest BCUT2D eigenvalue weighted by Crippen LogP contribution is 2.38. The van der Waals surface area contributed by atoms with E-state index >= 15 is 0 Å². The number of hydrogen-bond acceptors (Lipinski definition) is 7. The largest absolute Gasteiger partial charge is 0.466 e. The maximum atomic E-state index is 12.3. The van der Waals surface area contributed by atoms with Crippen LogP contribution in [-0.2, 0) is 23.8 Å². The quantitative estimate of drug-likeness (QED) is 0.700. The van der Waals surface area contributed by atoms with Crippen LogP contribution in [-0.4, -0.2) is 39.5 Å². The highest BCUT2D eigenvalue weighted by Gasteiger charge is 2.34. The van der Waals surface area contributed by atoms with Crippen LogP contribution in [0.15, 0.2) is 27.9 Å². The van der Waals surface area contributed by atoms with E-state index < -0.39 is 11.9 Å². The smallest absolute Gasteiger partial charge is 0.355 e. The summed E-state index contributed by atoms with van der Waals surface area (Å²) >= 11 is 9.50. The van der Waals surface area contributed by atoms with E-state index in [0.717, 1.165) is 0 Å². The van der Waals surface area contributed by atoms with Crippen LogP contribution in [0, 0.1) is 11.3 Å². The summed E-state index contributed by atoms with van der Waals surface area (Å²) in [5.74, 6) is -1.50. The highest BCUT2D eigenvalue weighted by atomic mass is 79.9. The van der Waals surface area contributed by atoms with E-state index in [1.54, 1.807) is 12.1 Å². The molecule has 1 aliphatic heterocycles. The molecule has 126 valence electrons. The summed E-state index contributed by atoms with van der Waals surface area (Å²) in [5, 5.41) is 9.64. The number of hydrogen-bond donors (Lipinski definition) is 0. The number of rotatable bonds is 3. The van der Waals surface area contributed by atoms with Gasteiger partial charge in [0.2, 0.25) is 0 Å². The molecule has 1 aromatic carbocycles. The Hall–Kier alpha value is -2.08. The molecule has 0 aliphatic carbocycles. The molecule has 1 heterocycles. The molecule has 0 atom stereocenters. The van der Waals surface area contributed by atoms with Gasteiger partial charge >= 0.3 is 11.9 Å². The fraction of sp³-hybridized carbons (Fsp3) is 0.267. The summed E-state index contributed by atoms with van der Waals surface area (Å²) in [6, 6.07) is 5.19. The van der Waals surface area contributed by atoms with Crippen molar-refractivity contribution in [3.8, 4) is 6.07 Å². The molecule has 0 saturated heterocycles. The van der Waals surface area contributed by atoms with Gasteiger partial charge < -0.3 is 19.1 Å². The van der Waals surface area contributed by atoms with Crippen molar-refractivity contribution < 1.29 is 23.8 Å². The molecule has 0 amide bonds. The van der Waals surface area contributed by atoms with E-state index in [4.69, 9.17) is 25.8 Å². The molecule has 2 rings (SSSR count). The molecule has 0 spiro atoms. The van der Waals surface area contributed by atoms with E-state index in [-0.39, 0.29) is 40.9 Å². The van der Waals surface area contributed by atoms with Crippen molar-refractivity contribution in [2.45, 2.75) is 0 Å². The Morgan fingerprint density at radius 1 is 1.33 bits per heavy atom. The third-order valence-electron chi connectivity index (χ3n) is 3.29. The molecule has 0 radical (unpaired) electrons. The average Bonchev–Trinajstić information content (AvgIpc) is 2.61. The monoisotopic (exact) mass is 414 g/mol. The SMILES string of the molecule is COC(=O)C1=C(C(=O)OC)N(c2c(Cl)ccc(Br)c2C#N)COC1. The number of carbonyl (C=O) groups is 2. The number of ether oxygens (including phenoxy) is 3. The van der Waals surface area contributed by atoms with Gasteiger partial charge in [0.1, 0.15) is 18.5 Å². The van der Waals surface area contributed by atoms with Crippen molar-refractivity contribution in [3.05, 3.63) is 38.5 Å². The second-order valence-electron chi connectivity index (χ2n) is 4.58. The van der Waals surface area contributed by atoms with Crippen LogP contribution >= 0.6 is 27.5 Å². The van der Waals surface area contributed by atoms with E-state index in [1.807, 2.05) is 6.07 Å². The summed E-state index contributed by atoms with van der Waals surface area (Å²) < 4.78 is 15.3. The highest BCUT2D eigenvalue weighted by molar-refractivity contribution is 9.10. The lowest BCUT2D eigenvalue weighted by Gasteiger charge is -2.32. The van der Waals surface area contributed by atoms with Crippen molar-refractivity contribution in [1.29, 1.82) is 5.26 Å². The Bertz CT molecular complexity index is 772. The first kappa shape index (κ1) is 18.3. The summed E-state index contributed by atoms with van der Waals surface area (Å²) in [5.41, 5.74) is 0.330. The number of methoxy groups -OCH3 is 2. The molecule has 0 fully saturated rings. The summed E-state index contributed by atoms with van der Waals surface area (Å²) in [4.78, 5) is 25.6. The first-order chi connectivity index (χ1) is 11.5. The first-order valence-corrected chi connectivity index (χ1v) is 7.76. The predicted molar refractivity (Wildman–Crippen MR) is 88.2 cm³/mol. The van der Waals surface area contributed by atoms with Gasteiger partial charge in [-0.1, -0.05) is 11.6 Å². The number of anilines is 1. The van der Waals surface area contributed by atoms with Crippen LogP contribution in [0.3, 0.4) is 0 Å². The fourth-order valence-corrected chi connectivity index (χ4v) is 2.90. The number of halogens is 2. The van der Waals surface area contributed by atoms with Gasteiger partial charge in [0.15, 0.2) is 0 Å². The van der Waals surface area contributed by atoms with Crippen LogP contribution in [0.25, 0.3) is 0 Å². The zero-order chi connectivity index (χ0) is 17.9. The lowest BCUT2D eigenvalue weighted by atomic mass is 10.1. The van der Waals surface area contributed by atoms with E-state index in [0.29, 0.717) is 4.47 Å². The summed E-state index contributed by atoms with van der Waals surface area (Å²) in [6.07, 6.45) is 0. The van der Waals surface area contributed by atoms with Crippen LogP contribution in [0.1, 0.15) is 5.56 Å². The zero-order valence-corrected chi connectivity index (χ0v) is 15.1. The molecule has 7 nitrogen and oxygen atoms in total. The second-order valence-corrected chi connectivity index (χ2v) is 5.84. The molecular weight excluding hydrogens is 404 g/mol. The van der Waals surface area contributed by atoms with Gasteiger partial charge in [-0.15, -0.1) is 0 Å². The molecule has 0 N–H and O–H groups in total. The summed E-state index contributed by atoms with van der Waals surface area (Å²) in [6.45, 7) is -0.211. The number of nitrogens with zero attached hydrogens (tertiary/aromatic N) is 2. The predicted octanol–water partition coefficient (Wildman–Crippen LogP) is 2.37. The maximum Gasteiger partial charge on any atom is 0.355 e. The molecule has 1 aromatic rings. The van der Waals surface area contributed by atoms with Gasteiger partial charge in [0, 0.05) is 4.47 Å². The average molecular weight is 416 g/mol. The third-order valence-corrected chi connectivity index (χ3v) is 4.26. The van der Waals surface area contributed by atoms with Crippen molar-refractivity contribution in [1.82, 2.24) is 0 Å². The second kappa shape index (κ2) is 7.66. The van der Waals surface area contributed by atoms with E-state index in [1.165, 1.54) is 19.1 Å². The van der Waals surface area contributed by atoms with Crippen molar-refractivity contribution in [2.24, 2.45) is 0 Å². The summed E-state index contributed by atoms with van der Waals surface area (Å²) in [7, 11) is 2.38. The molecule has 0 bridgehead atoms. The van der Waals surface area contributed by atoms with Gasteiger partial charge in [-0.05, 0) is 28.1 Å². The molecule has 24 heavy (non-hydrogen) atoms. The molecule has 9 heteroatoms. The number of carbonyl (C=O) groups excluding carboxylic acids is 2. The van der Waals surface area contributed by atoms with E-state index in [2.05, 4.69) is 15.9 Å². The normalized spacial score (nSPS) is 14.2. The van der Waals surface area contributed by atoms with Crippen LogP contribution in [0.2, 0.25) is 5.02 Å². The van der Waals surface area contributed by atoms with E-state index in [9.17, 15) is 14.9 Å². The molecule has 1 aliphatic rings. The lowest BCUT2D eigenvalue weighted by Crippen LogP contribution is -2.39. The maximum absolute atomic E-state index is 12.3. The van der Waals surface area contributed by atoms with Gasteiger partial charge in [0.25, 0.3) is 0 Å². The van der Waals surface area contributed by atoms with Crippen LogP contribution in [0.4, 0.5) is 5.69 Å². The zero-order valence-electron chi connectivity index (χ0n) is 12.8. The minimum atomic E-state index is -0.765. The van der Waals surface area contributed by atoms with Gasteiger partial charge in [-0.2, -0.15) is 5.26 Å². The topological polar surface area (TPSA) is 88.9 Å². The lowest BCUT2D eigenvalue weighted by molar-refractivity contribution is -0.140. The van der Waals surface area contributed by atoms with Gasteiger partial charge in [0.05, 0.1) is 42.7 Å². The van der Waals surface area contributed by atoms with Crippen molar-refractivity contribution in [3.63, 3.8) is 0 Å². The Morgan fingerprint density at radius 2 is 2.00 bits per heavy atom. The molecule has 0 aromatic heterocycles.